The highest BCUT2D eigenvalue weighted by molar-refractivity contribution is 7.90. The highest BCUT2D eigenvalue weighted by Gasteiger charge is 2.52. The third-order valence-corrected chi connectivity index (χ3v) is 7.58. The molecule has 1 saturated carbocycles. The van der Waals surface area contributed by atoms with Crippen LogP contribution in [0.5, 0.6) is 0 Å². The highest BCUT2D eigenvalue weighted by atomic mass is 32.2. The Morgan fingerprint density at radius 2 is 1.93 bits per heavy atom. The molecule has 0 atom stereocenters. The number of hydrogen-bond donors (Lipinski definition) is 1. The number of aryl methyl sites for hydroxylation is 1. The number of rotatable bonds is 4. The third-order valence-electron chi connectivity index (χ3n) is 5.23. The van der Waals surface area contributed by atoms with Gasteiger partial charge in [0.2, 0.25) is 10.0 Å². The van der Waals surface area contributed by atoms with E-state index in [1.165, 1.54) is 5.56 Å². The average molecular weight is 424 g/mol. The Kier molecular flexibility index (Phi) is 5.49. The lowest BCUT2D eigenvalue weighted by atomic mass is 9.79. The van der Waals surface area contributed by atoms with Crippen LogP contribution in [-0.4, -0.2) is 76.1 Å². The molecule has 3 fully saturated rings. The molecule has 28 heavy (non-hydrogen) atoms. The van der Waals surface area contributed by atoms with E-state index in [4.69, 9.17) is 9.90 Å². The number of carbonyl (C=O) groups is 1. The Bertz CT molecular complexity index is 829. The quantitative estimate of drug-likeness (QED) is 0.777. The predicted molar refractivity (Wildman–Crippen MR) is 92.7 cm³/mol. The molecular weight excluding hydrogens is 401 g/mol. The summed E-state index contributed by atoms with van der Waals surface area (Å²) in [4.78, 5) is 11.3. The van der Waals surface area contributed by atoms with E-state index in [1.807, 2.05) is 24.1 Å². The second-order valence-corrected chi connectivity index (χ2v) is 10.0. The fourth-order valence-electron chi connectivity index (χ4n) is 3.77. The molecule has 0 aromatic carbocycles. The number of alkyl halides is 3. The zero-order valence-electron chi connectivity index (χ0n) is 15.4. The smallest absolute Gasteiger partial charge is 0.475 e. The van der Waals surface area contributed by atoms with Gasteiger partial charge in [-0.05, 0) is 19.3 Å². The van der Waals surface area contributed by atoms with E-state index in [9.17, 15) is 21.6 Å². The van der Waals surface area contributed by atoms with Gasteiger partial charge in [-0.15, -0.1) is 0 Å². The van der Waals surface area contributed by atoms with Crippen LogP contribution in [0.4, 0.5) is 13.2 Å². The van der Waals surface area contributed by atoms with Gasteiger partial charge in [0.25, 0.3) is 0 Å². The van der Waals surface area contributed by atoms with Crippen LogP contribution in [0.1, 0.15) is 24.8 Å². The van der Waals surface area contributed by atoms with Gasteiger partial charge in [0.1, 0.15) is 0 Å². The summed E-state index contributed by atoms with van der Waals surface area (Å²) in [5.74, 6) is -2.76. The first-order chi connectivity index (χ1) is 12.9. The number of likely N-dealkylation sites (tertiary alicyclic amines) is 1. The minimum atomic E-state index is -5.08. The van der Waals surface area contributed by atoms with Crippen molar-refractivity contribution in [2.75, 3.05) is 26.2 Å². The molecule has 3 aliphatic rings. The molecule has 12 heteroatoms. The van der Waals surface area contributed by atoms with E-state index in [-0.39, 0.29) is 10.7 Å². The van der Waals surface area contributed by atoms with Crippen molar-refractivity contribution in [3.63, 3.8) is 0 Å². The molecule has 1 spiro atoms. The zero-order valence-corrected chi connectivity index (χ0v) is 16.2. The molecule has 4 rings (SSSR count). The van der Waals surface area contributed by atoms with Crippen LogP contribution in [0.15, 0.2) is 12.4 Å². The van der Waals surface area contributed by atoms with E-state index < -0.39 is 22.2 Å². The van der Waals surface area contributed by atoms with Gasteiger partial charge in [-0.3, -0.25) is 9.58 Å². The monoisotopic (exact) mass is 424 g/mol. The SMILES string of the molecule is Cn1cc(CN2CC3(CCN(S(=O)(=O)C4CC4)C3)C2)cn1.O=C(O)C(F)(F)F. The highest BCUT2D eigenvalue weighted by Crippen LogP contribution is 2.43. The van der Waals surface area contributed by atoms with Crippen molar-refractivity contribution in [3.05, 3.63) is 18.0 Å². The molecule has 8 nitrogen and oxygen atoms in total. The van der Waals surface area contributed by atoms with Gasteiger partial charge in [0, 0.05) is 56.9 Å². The summed E-state index contributed by atoms with van der Waals surface area (Å²) in [7, 11) is -1.06. The van der Waals surface area contributed by atoms with Gasteiger partial charge in [-0.1, -0.05) is 0 Å². The number of halogens is 3. The number of hydrogen-bond acceptors (Lipinski definition) is 5. The minimum absolute atomic E-state index is 0.0702. The molecule has 2 saturated heterocycles. The van der Waals surface area contributed by atoms with Gasteiger partial charge < -0.3 is 5.11 Å². The number of aliphatic carboxylic acids is 1. The van der Waals surface area contributed by atoms with E-state index in [2.05, 4.69) is 10.00 Å². The van der Waals surface area contributed by atoms with E-state index in [0.29, 0.717) is 0 Å². The van der Waals surface area contributed by atoms with Crippen molar-refractivity contribution in [1.82, 2.24) is 19.0 Å². The van der Waals surface area contributed by atoms with Crippen molar-refractivity contribution in [2.45, 2.75) is 37.2 Å². The number of carboxylic acid groups (broad SMARTS) is 1. The first-order valence-electron chi connectivity index (χ1n) is 8.90. The largest absolute Gasteiger partial charge is 0.490 e. The summed E-state index contributed by atoms with van der Waals surface area (Å²) in [6.45, 7) is 4.40. The van der Waals surface area contributed by atoms with E-state index in [0.717, 1.165) is 52.0 Å². The van der Waals surface area contributed by atoms with Crippen molar-refractivity contribution in [3.8, 4) is 0 Å². The molecular formula is C16H23F3N4O4S. The third kappa shape index (κ3) is 4.66. The molecule has 2 aliphatic heterocycles. The van der Waals surface area contributed by atoms with Crippen molar-refractivity contribution in [2.24, 2.45) is 12.5 Å². The summed E-state index contributed by atoms with van der Waals surface area (Å²) in [5.41, 5.74) is 1.44. The van der Waals surface area contributed by atoms with Gasteiger partial charge in [0.15, 0.2) is 0 Å². The number of nitrogens with zero attached hydrogens (tertiary/aromatic N) is 4. The molecule has 0 bridgehead atoms. The maximum Gasteiger partial charge on any atom is 0.490 e. The fraction of sp³-hybridized carbons (Fsp3) is 0.750. The van der Waals surface area contributed by atoms with Crippen LogP contribution in [-0.2, 0) is 28.4 Å². The average Bonchev–Trinajstić information content (AvgIpc) is 3.20. The molecule has 1 N–H and O–H groups in total. The van der Waals surface area contributed by atoms with Crippen LogP contribution < -0.4 is 0 Å². The summed E-state index contributed by atoms with van der Waals surface area (Å²) in [6.07, 6.45) is 1.60. The van der Waals surface area contributed by atoms with E-state index >= 15 is 0 Å². The molecule has 0 amide bonds. The molecule has 1 aromatic heterocycles. The summed E-state index contributed by atoms with van der Waals surface area (Å²) < 4.78 is 59.9. The van der Waals surface area contributed by atoms with Crippen molar-refractivity contribution < 1.29 is 31.5 Å². The lowest BCUT2D eigenvalue weighted by Crippen LogP contribution is -2.57. The zero-order chi connectivity index (χ0) is 20.7. The van der Waals surface area contributed by atoms with Crippen LogP contribution in [0.3, 0.4) is 0 Å². The fourth-order valence-corrected chi connectivity index (χ4v) is 5.73. The number of carboxylic acids is 1. The lowest BCUT2D eigenvalue weighted by Gasteiger charge is -2.48. The number of aromatic nitrogens is 2. The second kappa shape index (κ2) is 7.30. The molecule has 1 aliphatic carbocycles. The Balaban J connectivity index is 0.000000279. The van der Waals surface area contributed by atoms with Crippen LogP contribution >= 0.6 is 0 Å². The summed E-state index contributed by atoms with van der Waals surface area (Å²) in [5, 5.41) is 11.2. The van der Waals surface area contributed by atoms with E-state index in [1.54, 1.807) is 4.31 Å². The Hall–Kier alpha value is -1.66. The van der Waals surface area contributed by atoms with Gasteiger partial charge >= 0.3 is 12.1 Å². The van der Waals surface area contributed by atoms with Crippen molar-refractivity contribution >= 4 is 16.0 Å². The number of sulfonamides is 1. The van der Waals surface area contributed by atoms with Gasteiger partial charge in [-0.25, -0.2) is 17.5 Å². The van der Waals surface area contributed by atoms with Gasteiger partial charge in [0.05, 0.1) is 11.4 Å². The summed E-state index contributed by atoms with van der Waals surface area (Å²) >= 11 is 0. The topological polar surface area (TPSA) is 95.7 Å². The molecule has 3 heterocycles. The van der Waals surface area contributed by atoms with Crippen LogP contribution in [0.25, 0.3) is 0 Å². The standard InChI is InChI=1S/C14H22N4O2S.C2HF3O2/c1-16-7-12(6-15-16)8-17-9-14(10-17)4-5-18(11-14)21(19,20)13-2-3-13;3-2(4,5)1(6)7/h6-7,13H,2-5,8-11H2,1H3;(H,6,7). The lowest BCUT2D eigenvalue weighted by molar-refractivity contribution is -0.192. The molecule has 0 radical (unpaired) electrons. The Morgan fingerprint density at radius 3 is 2.39 bits per heavy atom. The van der Waals surface area contributed by atoms with Gasteiger partial charge in [-0.2, -0.15) is 18.3 Å². The van der Waals surface area contributed by atoms with Crippen LogP contribution in [0.2, 0.25) is 0 Å². The molecule has 0 unspecified atom stereocenters. The second-order valence-electron chi connectivity index (χ2n) is 7.80. The predicted octanol–water partition coefficient (Wildman–Crippen LogP) is 1.05. The summed E-state index contributed by atoms with van der Waals surface area (Å²) in [6, 6.07) is 0. The minimum Gasteiger partial charge on any atom is -0.475 e. The van der Waals surface area contributed by atoms with Crippen molar-refractivity contribution in [1.29, 1.82) is 0 Å². The molecule has 158 valence electrons. The Labute approximate surface area is 161 Å². The normalized spacial score (nSPS) is 22.6. The maximum atomic E-state index is 12.3. The molecule has 1 aromatic rings. The Morgan fingerprint density at radius 1 is 1.32 bits per heavy atom. The first-order valence-corrected chi connectivity index (χ1v) is 10.4. The first kappa shape index (κ1) is 21.1. The van der Waals surface area contributed by atoms with Crippen LogP contribution in [0, 0.1) is 5.41 Å². The maximum absolute atomic E-state index is 12.3.